The van der Waals surface area contributed by atoms with Gasteiger partial charge in [0, 0.05) is 12.1 Å². The lowest BCUT2D eigenvalue weighted by atomic mass is 10.2. The van der Waals surface area contributed by atoms with E-state index in [1.165, 1.54) is 5.56 Å². The molecule has 0 unspecified atom stereocenters. The van der Waals surface area contributed by atoms with Crippen LogP contribution in [0, 0.1) is 5.92 Å². The number of hydrogen-bond donors (Lipinski definition) is 1. The van der Waals surface area contributed by atoms with Gasteiger partial charge in [-0.1, -0.05) is 13.8 Å². The minimum atomic E-state index is 0.247. The highest BCUT2D eigenvalue weighted by molar-refractivity contribution is 5.16. The Morgan fingerprint density at radius 2 is 2.29 bits per heavy atom. The average Bonchev–Trinajstić information content (AvgIpc) is 2.63. The van der Waals surface area contributed by atoms with Crippen molar-refractivity contribution in [1.29, 1.82) is 0 Å². The molecule has 17 heavy (non-hydrogen) atoms. The Kier molecular flexibility index (Phi) is 4.59. The Morgan fingerprint density at radius 1 is 1.47 bits per heavy atom. The van der Waals surface area contributed by atoms with Crippen LogP contribution in [0.1, 0.15) is 25.2 Å². The minimum Gasteiger partial charge on any atom is -0.467 e. The van der Waals surface area contributed by atoms with E-state index >= 15 is 0 Å². The normalized spacial score (nSPS) is 16.4. The van der Waals surface area contributed by atoms with Crippen LogP contribution in [-0.2, 0) is 22.6 Å². The molecule has 0 amide bonds. The molecule has 4 nitrogen and oxygen atoms in total. The van der Waals surface area contributed by atoms with E-state index in [-0.39, 0.29) is 6.10 Å². The Hall–Kier alpha value is -0.840. The Labute approximate surface area is 102 Å². The summed E-state index contributed by atoms with van der Waals surface area (Å²) in [6, 6.07) is 2.00. The van der Waals surface area contributed by atoms with Crippen molar-refractivity contribution in [2.45, 2.75) is 33.1 Å². The van der Waals surface area contributed by atoms with E-state index in [0.717, 1.165) is 18.8 Å². The zero-order valence-corrected chi connectivity index (χ0v) is 10.6. The second kappa shape index (κ2) is 6.19. The van der Waals surface area contributed by atoms with E-state index in [4.69, 9.17) is 13.9 Å². The summed E-state index contributed by atoms with van der Waals surface area (Å²) >= 11 is 0. The number of rotatable bonds is 7. The molecule has 1 aromatic heterocycles. The van der Waals surface area contributed by atoms with Gasteiger partial charge < -0.3 is 19.2 Å². The third kappa shape index (κ3) is 3.84. The Morgan fingerprint density at radius 3 is 2.94 bits per heavy atom. The van der Waals surface area contributed by atoms with Crippen LogP contribution in [0.15, 0.2) is 16.7 Å². The predicted octanol–water partition coefficient (Wildman–Crippen LogP) is 1.94. The summed E-state index contributed by atoms with van der Waals surface area (Å²) in [6.07, 6.45) is 1.97. The van der Waals surface area contributed by atoms with E-state index in [1.807, 2.05) is 6.07 Å². The van der Waals surface area contributed by atoms with Crippen LogP contribution < -0.4 is 5.32 Å². The first kappa shape index (κ1) is 12.6. The lowest BCUT2D eigenvalue weighted by Gasteiger charge is -2.25. The first-order valence-electron chi connectivity index (χ1n) is 6.21. The van der Waals surface area contributed by atoms with Gasteiger partial charge in [-0.3, -0.25) is 0 Å². The van der Waals surface area contributed by atoms with Crippen LogP contribution >= 0.6 is 0 Å². The van der Waals surface area contributed by atoms with Crippen molar-refractivity contribution in [3.63, 3.8) is 0 Å². The standard InChI is InChI=1S/C13H21NO3/c1-10(2)5-14-6-11-3-4-16-13(11)9-17-12-7-15-8-12/h3-4,10,12,14H,5-9H2,1-2H3. The van der Waals surface area contributed by atoms with Crippen LogP contribution in [0.25, 0.3) is 0 Å². The van der Waals surface area contributed by atoms with Gasteiger partial charge in [0.2, 0.25) is 0 Å². The molecule has 2 heterocycles. The molecule has 0 bridgehead atoms. The summed E-state index contributed by atoms with van der Waals surface area (Å²) < 4.78 is 16.1. The molecular formula is C13H21NO3. The van der Waals surface area contributed by atoms with E-state index in [1.54, 1.807) is 6.26 Å². The van der Waals surface area contributed by atoms with Crippen molar-refractivity contribution < 1.29 is 13.9 Å². The Balaban J connectivity index is 1.74. The van der Waals surface area contributed by atoms with E-state index < -0.39 is 0 Å². The molecule has 0 atom stereocenters. The summed E-state index contributed by atoms with van der Waals surface area (Å²) in [6.45, 7) is 8.21. The summed E-state index contributed by atoms with van der Waals surface area (Å²) in [7, 11) is 0. The maximum absolute atomic E-state index is 5.64. The van der Waals surface area contributed by atoms with Crippen molar-refractivity contribution in [1.82, 2.24) is 5.32 Å². The molecule has 4 heteroatoms. The van der Waals surface area contributed by atoms with E-state index in [0.29, 0.717) is 25.7 Å². The average molecular weight is 239 g/mol. The van der Waals surface area contributed by atoms with Gasteiger partial charge in [-0.15, -0.1) is 0 Å². The monoisotopic (exact) mass is 239 g/mol. The molecule has 0 saturated carbocycles. The lowest BCUT2D eigenvalue weighted by molar-refractivity contribution is -0.138. The third-order valence-electron chi connectivity index (χ3n) is 2.76. The number of ether oxygens (including phenoxy) is 2. The van der Waals surface area contributed by atoms with Crippen molar-refractivity contribution in [3.8, 4) is 0 Å². The first-order chi connectivity index (χ1) is 8.25. The molecule has 1 saturated heterocycles. The van der Waals surface area contributed by atoms with Gasteiger partial charge in [-0.25, -0.2) is 0 Å². The molecule has 1 N–H and O–H groups in total. The zero-order chi connectivity index (χ0) is 12.1. The number of furan rings is 1. The molecule has 1 aliphatic heterocycles. The van der Waals surface area contributed by atoms with Crippen LogP contribution in [0.2, 0.25) is 0 Å². The molecule has 0 radical (unpaired) electrons. The van der Waals surface area contributed by atoms with E-state index in [9.17, 15) is 0 Å². The highest BCUT2D eigenvalue weighted by Gasteiger charge is 2.19. The molecule has 96 valence electrons. The van der Waals surface area contributed by atoms with Gasteiger partial charge in [-0.2, -0.15) is 0 Å². The van der Waals surface area contributed by atoms with E-state index in [2.05, 4.69) is 19.2 Å². The maximum atomic E-state index is 5.64. The zero-order valence-electron chi connectivity index (χ0n) is 10.6. The Bertz CT molecular complexity index is 331. The summed E-state index contributed by atoms with van der Waals surface area (Å²) in [5.41, 5.74) is 1.19. The molecule has 0 aromatic carbocycles. The van der Waals surface area contributed by atoms with Gasteiger partial charge in [0.15, 0.2) is 0 Å². The second-order valence-corrected chi connectivity index (χ2v) is 4.86. The molecule has 2 rings (SSSR count). The fraction of sp³-hybridized carbons (Fsp3) is 0.692. The van der Waals surface area contributed by atoms with Crippen molar-refractivity contribution in [3.05, 3.63) is 23.7 Å². The highest BCUT2D eigenvalue weighted by Crippen LogP contribution is 2.15. The quantitative estimate of drug-likeness (QED) is 0.789. The third-order valence-corrected chi connectivity index (χ3v) is 2.76. The van der Waals surface area contributed by atoms with Crippen molar-refractivity contribution in [2.75, 3.05) is 19.8 Å². The van der Waals surface area contributed by atoms with Gasteiger partial charge in [-0.05, 0) is 18.5 Å². The topological polar surface area (TPSA) is 43.6 Å². The van der Waals surface area contributed by atoms with Crippen molar-refractivity contribution >= 4 is 0 Å². The molecule has 1 aromatic rings. The number of nitrogens with one attached hydrogen (secondary N) is 1. The summed E-state index contributed by atoms with van der Waals surface area (Å²) in [5, 5.41) is 3.40. The van der Waals surface area contributed by atoms with Gasteiger partial charge in [0.25, 0.3) is 0 Å². The van der Waals surface area contributed by atoms with Crippen molar-refractivity contribution in [2.24, 2.45) is 5.92 Å². The van der Waals surface area contributed by atoms with Crippen LogP contribution in [0.3, 0.4) is 0 Å². The van der Waals surface area contributed by atoms with Gasteiger partial charge in [0.05, 0.1) is 19.5 Å². The molecule has 0 spiro atoms. The number of hydrogen-bond acceptors (Lipinski definition) is 4. The maximum Gasteiger partial charge on any atom is 0.133 e. The van der Waals surface area contributed by atoms with Crippen LogP contribution in [0.4, 0.5) is 0 Å². The van der Waals surface area contributed by atoms with Crippen LogP contribution in [-0.4, -0.2) is 25.9 Å². The molecule has 0 aliphatic carbocycles. The van der Waals surface area contributed by atoms with Crippen LogP contribution in [0.5, 0.6) is 0 Å². The highest BCUT2D eigenvalue weighted by atomic mass is 16.6. The summed E-state index contributed by atoms with van der Waals surface area (Å²) in [5.74, 6) is 1.59. The smallest absolute Gasteiger partial charge is 0.133 e. The summed E-state index contributed by atoms with van der Waals surface area (Å²) in [4.78, 5) is 0. The first-order valence-corrected chi connectivity index (χ1v) is 6.21. The molecule has 1 aliphatic rings. The molecule has 1 fully saturated rings. The lowest BCUT2D eigenvalue weighted by Crippen LogP contribution is -2.35. The SMILES string of the molecule is CC(C)CNCc1ccoc1COC1COC1. The second-order valence-electron chi connectivity index (χ2n) is 4.86. The van der Waals surface area contributed by atoms with Gasteiger partial charge >= 0.3 is 0 Å². The fourth-order valence-corrected chi connectivity index (χ4v) is 1.65. The fourth-order valence-electron chi connectivity index (χ4n) is 1.65. The van der Waals surface area contributed by atoms with Gasteiger partial charge in [0.1, 0.15) is 18.5 Å². The largest absolute Gasteiger partial charge is 0.467 e. The predicted molar refractivity (Wildman–Crippen MR) is 64.6 cm³/mol. The molecular weight excluding hydrogens is 218 g/mol. The minimum absolute atomic E-state index is 0.247.